The van der Waals surface area contributed by atoms with E-state index in [1.54, 1.807) is 0 Å². The number of aromatic amines is 1. The molecule has 0 saturated heterocycles. The third-order valence-electron chi connectivity index (χ3n) is 4.26. The Labute approximate surface area is 129 Å². The fourth-order valence-electron chi connectivity index (χ4n) is 2.88. The number of fused-ring (bicyclic) bond motifs is 3. The first-order chi connectivity index (χ1) is 10.7. The van der Waals surface area contributed by atoms with E-state index in [9.17, 15) is 9.90 Å². The van der Waals surface area contributed by atoms with Gasteiger partial charge in [0, 0.05) is 17.3 Å². The van der Waals surface area contributed by atoms with Gasteiger partial charge in [0.25, 0.3) is 5.56 Å². The van der Waals surface area contributed by atoms with Crippen LogP contribution in [0, 0.1) is 0 Å². The minimum atomic E-state index is -0.215. The van der Waals surface area contributed by atoms with E-state index in [1.165, 1.54) is 0 Å². The highest BCUT2D eigenvalue weighted by molar-refractivity contribution is 6.07. The Hall–Kier alpha value is -2.33. The van der Waals surface area contributed by atoms with Gasteiger partial charge >= 0.3 is 0 Å². The summed E-state index contributed by atoms with van der Waals surface area (Å²) in [6.45, 7) is 6.22. The molecule has 0 unspecified atom stereocenters. The SMILES string of the molecule is CCN(CC)Cc1c(O)c2ccc3ccccc3c2[nH]c1=O. The van der Waals surface area contributed by atoms with Crippen molar-refractivity contribution in [2.24, 2.45) is 0 Å². The predicted octanol–water partition coefficient (Wildman–Crippen LogP) is 3.23. The van der Waals surface area contributed by atoms with E-state index in [4.69, 9.17) is 0 Å². The number of hydrogen-bond donors (Lipinski definition) is 2. The number of pyridine rings is 1. The number of nitrogens with one attached hydrogen (secondary N) is 1. The molecule has 0 radical (unpaired) electrons. The molecular formula is C18H20N2O2. The van der Waals surface area contributed by atoms with Crippen LogP contribution in [0.15, 0.2) is 41.2 Å². The first kappa shape index (κ1) is 14.6. The minimum absolute atomic E-state index is 0.0939. The average molecular weight is 296 g/mol. The largest absolute Gasteiger partial charge is 0.507 e. The Balaban J connectivity index is 2.25. The van der Waals surface area contributed by atoms with Gasteiger partial charge < -0.3 is 10.1 Å². The molecule has 2 aromatic carbocycles. The zero-order valence-corrected chi connectivity index (χ0v) is 12.9. The van der Waals surface area contributed by atoms with Crippen LogP contribution in [-0.4, -0.2) is 28.1 Å². The lowest BCUT2D eigenvalue weighted by molar-refractivity contribution is 0.290. The van der Waals surface area contributed by atoms with Crippen LogP contribution in [0.3, 0.4) is 0 Å². The van der Waals surface area contributed by atoms with Crippen LogP contribution < -0.4 is 5.56 Å². The molecule has 0 atom stereocenters. The second-order valence-electron chi connectivity index (χ2n) is 5.45. The highest BCUT2D eigenvalue weighted by atomic mass is 16.3. The van der Waals surface area contributed by atoms with E-state index in [2.05, 4.69) is 9.88 Å². The number of aromatic nitrogens is 1. The van der Waals surface area contributed by atoms with E-state index in [-0.39, 0.29) is 11.3 Å². The van der Waals surface area contributed by atoms with E-state index < -0.39 is 0 Å². The van der Waals surface area contributed by atoms with Crippen molar-refractivity contribution in [1.29, 1.82) is 0 Å². The molecule has 4 nitrogen and oxygen atoms in total. The van der Waals surface area contributed by atoms with Crippen LogP contribution in [0.5, 0.6) is 5.75 Å². The van der Waals surface area contributed by atoms with Gasteiger partial charge in [0.1, 0.15) is 5.75 Å². The van der Waals surface area contributed by atoms with Gasteiger partial charge in [-0.2, -0.15) is 0 Å². The van der Waals surface area contributed by atoms with Crippen molar-refractivity contribution in [2.45, 2.75) is 20.4 Å². The summed E-state index contributed by atoms with van der Waals surface area (Å²) in [5.74, 6) is 0.0939. The summed E-state index contributed by atoms with van der Waals surface area (Å²) in [6.07, 6.45) is 0. The zero-order chi connectivity index (χ0) is 15.7. The lowest BCUT2D eigenvalue weighted by Gasteiger charge is -2.18. The van der Waals surface area contributed by atoms with Crippen molar-refractivity contribution < 1.29 is 5.11 Å². The van der Waals surface area contributed by atoms with Gasteiger partial charge in [0.05, 0.1) is 11.1 Å². The molecule has 0 aliphatic heterocycles. The number of aromatic hydroxyl groups is 1. The summed E-state index contributed by atoms with van der Waals surface area (Å²) in [6, 6.07) is 11.7. The van der Waals surface area contributed by atoms with Gasteiger partial charge in [-0.05, 0) is 24.5 Å². The van der Waals surface area contributed by atoms with Crippen LogP contribution in [-0.2, 0) is 6.54 Å². The van der Waals surface area contributed by atoms with Crippen molar-refractivity contribution >= 4 is 21.7 Å². The van der Waals surface area contributed by atoms with Crippen LogP contribution in [0.2, 0.25) is 0 Å². The number of benzene rings is 2. The quantitative estimate of drug-likeness (QED) is 0.727. The number of H-pyrrole nitrogens is 1. The van der Waals surface area contributed by atoms with Gasteiger partial charge in [-0.3, -0.25) is 9.69 Å². The van der Waals surface area contributed by atoms with E-state index in [0.29, 0.717) is 23.0 Å². The minimum Gasteiger partial charge on any atom is -0.507 e. The topological polar surface area (TPSA) is 56.3 Å². The monoisotopic (exact) mass is 296 g/mol. The van der Waals surface area contributed by atoms with Gasteiger partial charge in [-0.25, -0.2) is 0 Å². The maximum Gasteiger partial charge on any atom is 0.256 e. The lowest BCUT2D eigenvalue weighted by Crippen LogP contribution is -2.26. The van der Waals surface area contributed by atoms with Crippen molar-refractivity contribution in [3.8, 4) is 5.75 Å². The maximum absolute atomic E-state index is 12.4. The third-order valence-corrected chi connectivity index (χ3v) is 4.26. The molecule has 0 aliphatic carbocycles. The molecule has 0 saturated carbocycles. The molecule has 2 N–H and O–H groups in total. The van der Waals surface area contributed by atoms with Crippen LogP contribution in [0.25, 0.3) is 21.7 Å². The Morgan fingerprint density at radius 1 is 1.05 bits per heavy atom. The van der Waals surface area contributed by atoms with E-state index >= 15 is 0 Å². The number of rotatable bonds is 4. The molecule has 0 spiro atoms. The van der Waals surface area contributed by atoms with Gasteiger partial charge in [0.15, 0.2) is 0 Å². The first-order valence-corrected chi connectivity index (χ1v) is 7.63. The molecular weight excluding hydrogens is 276 g/mol. The lowest BCUT2D eigenvalue weighted by atomic mass is 10.0. The van der Waals surface area contributed by atoms with Crippen LogP contribution in [0.4, 0.5) is 0 Å². The Bertz CT molecular complexity index is 879. The highest BCUT2D eigenvalue weighted by Gasteiger charge is 2.15. The van der Waals surface area contributed by atoms with Gasteiger partial charge in [-0.1, -0.05) is 44.2 Å². The second-order valence-corrected chi connectivity index (χ2v) is 5.45. The number of hydrogen-bond acceptors (Lipinski definition) is 3. The summed E-state index contributed by atoms with van der Waals surface area (Å²) >= 11 is 0. The molecule has 4 heteroatoms. The Kier molecular flexibility index (Phi) is 3.86. The van der Waals surface area contributed by atoms with Gasteiger partial charge in [0.2, 0.25) is 0 Å². The van der Waals surface area contributed by atoms with E-state index in [0.717, 1.165) is 23.9 Å². The van der Waals surface area contributed by atoms with Crippen molar-refractivity contribution in [3.63, 3.8) is 0 Å². The normalized spacial score (nSPS) is 11.6. The molecule has 1 heterocycles. The molecule has 0 bridgehead atoms. The van der Waals surface area contributed by atoms with Crippen molar-refractivity contribution in [1.82, 2.24) is 9.88 Å². The standard InChI is InChI=1S/C18H20N2O2/c1-3-20(4-2)11-15-17(21)14-10-9-12-7-5-6-8-13(12)16(14)19-18(15)22/h5-10H,3-4,11H2,1-2H3,(H2,19,21,22). The summed E-state index contributed by atoms with van der Waals surface area (Å²) in [5, 5.41) is 13.3. The Morgan fingerprint density at radius 2 is 1.77 bits per heavy atom. The zero-order valence-electron chi connectivity index (χ0n) is 12.9. The molecule has 0 aliphatic rings. The fourth-order valence-corrected chi connectivity index (χ4v) is 2.88. The fraction of sp³-hybridized carbons (Fsp3) is 0.278. The average Bonchev–Trinajstić information content (AvgIpc) is 2.55. The molecule has 1 aromatic heterocycles. The number of nitrogens with zero attached hydrogens (tertiary/aromatic N) is 1. The molecule has 3 rings (SSSR count). The Morgan fingerprint density at radius 3 is 2.50 bits per heavy atom. The summed E-state index contributed by atoms with van der Waals surface area (Å²) < 4.78 is 0. The van der Waals surface area contributed by atoms with E-state index in [1.807, 2.05) is 50.2 Å². The second kappa shape index (κ2) is 5.81. The third kappa shape index (κ3) is 2.35. The maximum atomic E-state index is 12.4. The summed E-state index contributed by atoms with van der Waals surface area (Å²) in [5.41, 5.74) is 0.920. The smallest absolute Gasteiger partial charge is 0.256 e. The van der Waals surface area contributed by atoms with Crippen molar-refractivity contribution in [2.75, 3.05) is 13.1 Å². The molecule has 22 heavy (non-hydrogen) atoms. The predicted molar refractivity (Wildman–Crippen MR) is 90.4 cm³/mol. The molecule has 114 valence electrons. The highest BCUT2D eigenvalue weighted by Crippen LogP contribution is 2.30. The summed E-state index contributed by atoms with van der Waals surface area (Å²) in [4.78, 5) is 17.5. The van der Waals surface area contributed by atoms with Crippen LogP contribution in [0.1, 0.15) is 19.4 Å². The molecule has 0 amide bonds. The summed E-state index contributed by atoms with van der Waals surface area (Å²) in [7, 11) is 0. The first-order valence-electron chi connectivity index (χ1n) is 7.63. The molecule has 3 aromatic rings. The van der Waals surface area contributed by atoms with Crippen molar-refractivity contribution in [3.05, 3.63) is 52.3 Å². The van der Waals surface area contributed by atoms with Crippen LogP contribution >= 0.6 is 0 Å². The van der Waals surface area contributed by atoms with Gasteiger partial charge in [-0.15, -0.1) is 0 Å². The molecule has 0 fully saturated rings.